The Bertz CT molecular complexity index is 722. The summed E-state index contributed by atoms with van der Waals surface area (Å²) in [4.78, 5) is 26.0. The molecule has 4 heteroatoms. The average molecular weight is 283 g/mol. The molecule has 0 radical (unpaired) electrons. The first-order chi connectivity index (χ1) is 10.1. The molecule has 1 amide bonds. The minimum absolute atomic E-state index is 0.127. The summed E-state index contributed by atoms with van der Waals surface area (Å²) in [5.41, 5.74) is 2.40. The topological polar surface area (TPSA) is 37.4 Å². The summed E-state index contributed by atoms with van der Waals surface area (Å²) < 4.78 is 13.3. The van der Waals surface area contributed by atoms with E-state index in [4.69, 9.17) is 0 Å². The lowest BCUT2D eigenvalue weighted by Crippen LogP contribution is -2.37. The third kappa shape index (κ3) is 2.44. The van der Waals surface area contributed by atoms with Crippen LogP contribution in [0.25, 0.3) is 0 Å². The van der Waals surface area contributed by atoms with Gasteiger partial charge in [-0.25, -0.2) is 4.39 Å². The molecule has 1 aliphatic rings. The monoisotopic (exact) mass is 283 g/mol. The van der Waals surface area contributed by atoms with Crippen LogP contribution in [0.1, 0.15) is 32.7 Å². The lowest BCUT2D eigenvalue weighted by molar-refractivity contribution is 0.0954. The highest BCUT2D eigenvalue weighted by Gasteiger charge is 2.28. The lowest BCUT2D eigenvalue weighted by Gasteiger charge is -2.28. The van der Waals surface area contributed by atoms with Crippen LogP contribution in [0.4, 0.5) is 10.1 Å². The number of carbonyl (C=O) groups is 2. The standard InChI is InChI=1S/C17H14FNO2/c1-11-2-4-12(5-3-11)17(21)19-9-8-16(20)14-10-13(18)6-7-15(14)19/h2-7,10H,8-9H2,1H3. The Kier molecular flexibility index (Phi) is 3.29. The van der Waals surface area contributed by atoms with Crippen molar-refractivity contribution in [3.05, 3.63) is 65.0 Å². The van der Waals surface area contributed by atoms with E-state index < -0.39 is 5.82 Å². The summed E-state index contributed by atoms with van der Waals surface area (Å²) in [6.45, 7) is 2.27. The SMILES string of the molecule is Cc1ccc(C(=O)N2CCC(=O)c3cc(F)ccc32)cc1. The van der Waals surface area contributed by atoms with Gasteiger partial charge in [0, 0.05) is 24.1 Å². The van der Waals surface area contributed by atoms with E-state index in [1.165, 1.54) is 18.2 Å². The quantitative estimate of drug-likeness (QED) is 0.804. The lowest BCUT2D eigenvalue weighted by atomic mass is 9.99. The van der Waals surface area contributed by atoms with Gasteiger partial charge in [0.05, 0.1) is 5.69 Å². The number of anilines is 1. The minimum Gasteiger partial charge on any atom is -0.307 e. The summed E-state index contributed by atoms with van der Waals surface area (Å²) in [6, 6.07) is 11.2. The first-order valence-electron chi connectivity index (χ1n) is 6.77. The molecule has 0 unspecified atom stereocenters. The molecule has 3 nitrogen and oxygen atoms in total. The molecule has 1 heterocycles. The second kappa shape index (κ2) is 5.13. The van der Waals surface area contributed by atoms with E-state index in [1.54, 1.807) is 17.0 Å². The number of nitrogens with zero attached hydrogens (tertiary/aromatic N) is 1. The summed E-state index contributed by atoms with van der Waals surface area (Å²) in [7, 11) is 0. The van der Waals surface area contributed by atoms with E-state index >= 15 is 0 Å². The third-order valence-corrected chi connectivity index (χ3v) is 3.66. The first-order valence-corrected chi connectivity index (χ1v) is 6.77. The van der Waals surface area contributed by atoms with E-state index in [-0.39, 0.29) is 23.7 Å². The third-order valence-electron chi connectivity index (χ3n) is 3.66. The van der Waals surface area contributed by atoms with Crippen molar-refractivity contribution in [3.8, 4) is 0 Å². The molecule has 2 aromatic rings. The number of hydrogen-bond acceptors (Lipinski definition) is 2. The number of aryl methyl sites for hydroxylation is 1. The molecule has 0 saturated carbocycles. The maximum Gasteiger partial charge on any atom is 0.258 e. The molecular formula is C17H14FNO2. The highest BCUT2D eigenvalue weighted by Crippen LogP contribution is 2.29. The normalized spacial score (nSPS) is 14.0. The molecule has 1 aliphatic heterocycles. The van der Waals surface area contributed by atoms with E-state index in [2.05, 4.69) is 0 Å². The van der Waals surface area contributed by atoms with Gasteiger partial charge in [-0.2, -0.15) is 0 Å². The predicted octanol–water partition coefficient (Wildman–Crippen LogP) is 3.37. The average Bonchev–Trinajstić information content (AvgIpc) is 2.48. The number of rotatable bonds is 1. The van der Waals surface area contributed by atoms with Gasteiger partial charge in [0.25, 0.3) is 5.91 Å². The zero-order chi connectivity index (χ0) is 15.0. The van der Waals surface area contributed by atoms with Crippen LogP contribution in [-0.4, -0.2) is 18.2 Å². The number of ketones is 1. The van der Waals surface area contributed by atoms with Crippen LogP contribution >= 0.6 is 0 Å². The van der Waals surface area contributed by atoms with Gasteiger partial charge in [-0.05, 0) is 37.3 Å². The van der Waals surface area contributed by atoms with Crippen LogP contribution in [0, 0.1) is 12.7 Å². The Morgan fingerprint density at radius 1 is 1.14 bits per heavy atom. The molecule has 0 bridgehead atoms. The molecular weight excluding hydrogens is 269 g/mol. The molecule has 3 rings (SSSR count). The molecule has 0 N–H and O–H groups in total. The van der Waals surface area contributed by atoms with E-state index in [1.807, 2.05) is 19.1 Å². The van der Waals surface area contributed by atoms with Crippen LogP contribution in [0.3, 0.4) is 0 Å². The number of amides is 1. The Hall–Kier alpha value is -2.49. The number of halogens is 1. The smallest absolute Gasteiger partial charge is 0.258 e. The van der Waals surface area contributed by atoms with Gasteiger partial charge in [-0.1, -0.05) is 17.7 Å². The highest BCUT2D eigenvalue weighted by atomic mass is 19.1. The largest absolute Gasteiger partial charge is 0.307 e. The van der Waals surface area contributed by atoms with Crippen molar-refractivity contribution in [1.29, 1.82) is 0 Å². The molecule has 0 saturated heterocycles. The van der Waals surface area contributed by atoms with E-state index in [0.29, 0.717) is 17.8 Å². The molecule has 0 fully saturated rings. The van der Waals surface area contributed by atoms with Gasteiger partial charge < -0.3 is 4.90 Å². The van der Waals surface area contributed by atoms with Gasteiger partial charge in [0.1, 0.15) is 5.82 Å². The molecule has 2 aromatic carbocycles. The van der Waals surface area contributed by atoms with Crippen LogP contribution < -0.4 is 4.90 Å². The predicted molar refractivity (Wildman–Crippen MR) is 78.2 cm³/mol. The zero-order valence-corrected chi connectivity index (χ0v) is 11.6. The van der Waals surface area contributed by atoms with Crippen molar-refractivity contribution < 1.29 is 14.0 Å². The van der Waals surface area contributed by atoms with Crippen LogP contribution in [0.15, 0.2) is 42.5 Å². The number of fused-ring (bicyclic) bond motifs is 1. The zero-order valence-electron chi connectivity index (χ0n) is 11.6. The van der Waals surface area contributed by atoms with Crippen molar-refractivity contribution in [2.24, 2.45) is 0 Å². The molecule has 0 spiro atoms. The number of benzene rings is 2. The maximum absolute atomic E-state index is 13.3. The van der Waals surface area contributed by atoms with Gasteiger partial charge in [0.15, 0.2) is 5.78 Å². The van der Waals surface area contributed by atoms with E-state index in [9.17, 15) is 14.0 Å². The van der Waals surface area contributed by atoms with Gasteiger partial charge in [-0.15, -0.1) is 0 Å². The molecule has 0 atom stereocenters. The Balaban J connectivity index is 2.01. The summed E-state index contributed by atoms with van der Waals surface area (Å²) in [6.07, 6.45) is 0.216. The van der Waals surface area contributed by atoms with Crippen molar-refractivity contribution in [2.75, 3.05) is 11.4 Å². The van der Waals surface area contributed by atoms with Crippen LogP contribution in [0.2, 0.25) is 0 Å². The summed E-state index contributed by atoms with van der Waals surface area (Å²) in [5, 5.41) is 0. The van der Waals surface area contributed by atoms with Crippen molar-refractivity contribution in [3.63, 3.8) is 0 Å². The maximum atomic E-state index is 13.3. The van der Waals surface area contributed by atoms with Crippen LogP contribution in [0.5, 0.6) is 0 Å². The van der Waals surface area contributed by atoms with Crippen molar-refractivity contribution in [2.45, 2.75) is 13.3 Å². The second-order valence-electron chi connectivity index (χ2n) is 5.16. The Labute approximate surface area is 122 Å². The van der Waals surface area contributed by atoms with Gasteiger partial charge >= 0.3 is 0 Å². The molecule has 106 valence electrons. The fraction of sp³-hybridized carbons (Fsp3) is 0.176. The Morgan fingerprint density at radius 2 is 1.86 bits per heavy atom. The molecule has 21 heavy (non-hydrogen) atoms. The summed E-state index contributed by atoms with van der Waals surface area (Å²) >= 11 is 0. The second-order valence-corrected chi connectivity index (χ2v) is 5.16. The fourth-order valence-electron chi connectivity index (χ4n) is 2.50. The van der Waals surface area contributed by atoms with Gasteiger partial charge in [-0.3, -0.25) is 9.59 Å². The van der Waals surface area contributed by atoms with Crippen molar-refractivity contribution >= 4 is 17.4 Å². The molecule has 0 aliphatic carbocycles. The highest BCUT2D eigenvalue weighted by molar-refractivity contribution is 6.13. The summed E-state index contributed by atoms with van der Waals surface area (Å²) in [5.74, 6) is -0.764. The number of Topliss-reactive ketones (excluding diaryl/α,β-unsaturated/α-hetero) is 1. The molecule has 0 aromatic heterocycles. The van der Waals surface area contributed by atoms with E-state index in [0.717, 1.165) is 5.56 Å². The Morgan fingerprint density at radius 3 is 2.57 bits per heavy atom. The number of carbonyl (C=O) groups excluding carboxylic acids is 2. The minimum atomic E-state index is -0.466. The van der Waals surface area contributed by atoms with Gasteiger partial charge in [0.2, 0.25) is 0 Å². The van der Waals surface area contributed by atoms with Crippen LogP contribution in [-0.2, 0) is 0 Å². The first kappa shape index (κ1) is 13.5. The fourth-order valence-corrected chi connectivity index (χ4v) is 2.50. The van der Waals surface area contributed by atoms with Crippen molar-refractivity contribution in [1.82, 2.24) is 0 Å². The number of hydrogen-bond donors (Lipinski definition) is 0.